The lowest BCUT2D eigenvalue weighted by molar-refractivity contribution is 0.0972. The van der Waals surface area contributed by atoms with Gasteiger partial charge in [-0.05, 0) is 62.0 Å². The van der Waals surface area contributed by atoms with Gasteiger partial charge in [0.2, 0.25) is 11.8 Å². The van der Waals surface area contributed by atoms with Gasteiger partial charge < -0.3 is 9.47 Å². The first kappa shape index (κ1) is 24.9. The Morgan fingerprint density at radius 2 is 1.77 bits per heavy atom. The average molecular weight is 512 g/mol. The molecule has 1 aromatic carbocycles. The lowest BCUT2D eigenvalue weighted by Crippen LogP contribution is -2.19. The molecule has 0 aliphatic rings. The van der Waals surface area contributed by atoms with Crippen molar-refractivity contribution in [2.45, 2.75) is 32.1 Å². The van der Waals surface area contributed by atoms with Crippen LogP contribution in [0.15, 0.2) is 48.8 Å². The molecule has 4 rings (SSSR count). The zero-order valence-electron chi connectivity index (χ0n) is 20.1. The van der Waals surface area contributed by atoms with Crippen molar-refractivity contribution in [3.63, 3.8) is 0 Å². The number of nitrogens with zero attached hydrogens (tertiary/aromatic N) is 6. The maximum absolute atomic E-state index is 6.45. The zero-order valence-corrected chi connectivity index (χ0v) is 21.6. The third-order valence-corrected chi connectivity index (χ3v) is 6.71. The van der Waals surface area contributed by atoms with Crippen LogP contribution in [0.2, 0.25) is 5.02 Å². The third kappa shape index (κ3) is 5.39. The van der Waals surface area contributed by atoms with Crippen LogP contribution in [0.1, 0.15) is 30.0 Å². The quantitative estimate of drug-likeness (QED) is 0.302. The van der Waals surface area contributed by atoms with E-state index in [0.717, 1.165) is 16.8 Å². The molecule has 182 valence electrons. The van der Waals surface area contributed by atoms with Gasteiger partial charge >= 0.3 is 0 Å². The van der Waals surface area contributed by atoms with Gasteiger partial charge in [-0.3, -0.25) is 9.29 Å². The highest BCUT2D eigenvalue weighted by atomic mass is 35.5. The van der Waals surface area contributed by atoms with Crippen LogP contribution in [0.3, 0.4) is 0 Å². The lowest BCUT2D eigenvalue weighted by atomic mass is 10.2. The van der Waals surface area contributed by atoms with Crippen LogP contribution < -0.4 is 9.46 Å². The van der Waals surface area contributed by atoms with E-state index >= 15 is 0 Å². The van der Waals surface area contributed by atoms with Gasteiger partial charge in [-0.2, -0.15) is 0 Å². The van der Waals surface area contributed by atoms with E-state index in [-0.39, 0.29) is 11.4 Å². The molecule has 0 saturated heterocycles. The first-order valence-electron chi connectivity index (χ1n) is 10.9. The van der Waals surface area contributed by atoms with Gasteiger partial charge in [0.05, 0.1) is 18.0 Å². The van der Waals surface area contributed by atoms with Crippen LogP contribution in [0.5, 0.6) is 5.88 Å². The van der Waals surface area contributed by atoms with E-state index in [1.165, 1.54) is 11.9 Å². The van der Waals surface area contributed by atoms with Crippen molar-refractivity contribution in [3.05, 3.63) is 70.8 Å². The summed E-state index contributed by atoms with van der Waals surface area (Å²) >= 11 is 7.89. The SMILES string of the molecule is COc1cccc(-c2nnc(NSC(C)C(OC)c3ncc(C)cn3)n2-c2cccc(Cl)c2C)n1. The lowest BCUT2D eigenvalue weighted by Gasteiger charge is -2.21. The fourth-order valence-electron chi connectivity index (χ4n) is 3.50. The van der Waals surface area contributed by atoms with E-state index in [2.05, 4.69) is 29.9 Å². The summed E-state index contributed by atoms with van der Waals surface area (Å²) in [5.41, 5.74) is 3.33. The molecule has 11 heteroatoms. The van der Waals surface area contributed by atoms with Crippen molar-refractivity contribution in [2.24, 2.45) is 0 Å². The van der Waals surface area contributed by atoms with Gasteiger partial charge in [0.25, 0.3) is 0 Å². The smallest absolute Gasteiger partial charge is 0.239 e. The van der Waals surface area contributed by atoms with Crippen LogP contribution in [-0.4, -0.2) is 49.2 Å². The normalized spacial score (nSPS) is 12.9. The number of methoxy groups -OCH3 is 2. The second-order valence-electron chi connectivity index (χ2n) is 7.83. The first-order valence-corrected chi connectivity index (χ1v) is 12.1. The molecule has 0 radical (unpaired) electrons. The number of aryl methyl sites for hydroxylation is 1. The van der Waals surface area contributed by atoms with Gasteiger partial charge in [0.1, 0.15) is 11.8 Å². The molecule has 4 aromatic rings. The third-order valence-electron chi connectivity index (χ3n) is 5.38. The van der Waals surface area contributed by atoms with Gasteiger partial charge in [-0.1, -0.05) is 23.7 Å². The van der Waals surface area contributed by atoms with Crippen molar-refractivity contribution in [2.75, 3.05) is 18.9 Å². The van der Waals surface area contributed by atoms with Gasteiger partial charge in [0, 0.05) is 30.6 Å². The Balaban J connectivity index is 1.69. The maximum Gasteiger partial charge on any atom is 0.239 e. The van der Waals surface area contributed by atoms with Crippen molar-refractivity contribution in [1.29, 1.82) is 0 Å². The second kappa shape index (κ2) is 11.0. The van der Waals surface area contributed by atoms with E-state index < -0.39 is 0 Å². The molecule has 35 heavy (non-hydrogen) atoms. The molecule has 9 nitrogen and oxygen atoms in total. The van der Waals surface area contributed by atoms with Gasteiger partial charge in [-0.15, -0.1) is 10.2 Å². The predicted molar refractivity (Wildman–Crippen MR) is 138 cm³/mol. The molecule has 0 spiro atoms. The Morgan fingerprint density at radius 3 is 2.49 bits per heavy atom. The number of aromatic nitrogens is 6. The standard InChI is InChI=1S/C24H26ClN7O2S/c1-14-12-26-22(27-13-14)21(34-5)16(3)35-31-24-30-29-23(18-9-7-11-20(28-18)33-4)32(24)19-10-6-8-17(25)15(19)2/h6-13,16,21H,1-5H3,(H,30,31). The topological polar surface area (TPSA) is 99.9 Å². The van der Waals surface area contributed by atoms with Crippen LogP contribution in [0.4, 0.5) is 5.95 Å². The monoisotopic (exact) mass is 511 g/mol. The number of hydrogen-bond acceptors (Lipinski definition) is 9. The molecular formula is C24H26ClN7O2S. The van der Waals surface area contributed by atoms with Crippen molar-refractivity contribution < 1.29 is 9.47 Å². The zero-order chi connectivity index (χ0) is 24.9. The number of anilines is 1. The highest BCUT2D eigenvalue weighted by Gasteiger charge is 2.25. The Bertz CT molecular complexity index is 1300. The average Bonchev–Trinajstić information content (AvgIpc) is 3.29. The van der Waals surface area contributed by atoms with Gasteiger partial charge in [0.15, 0.2) is 11.6 Å². The summed E-state index contributed by atoms with van der Waals surface area (Å²) in [5, 5.41) is 9.45. The van der Waals surface area contributed by atoms with E-state index in [4.69, 9.17) is 21.1 Å². The maximum atomic E-state index is 6.45. The van der Waals surface area contributed by atoms with E-state index in [1.54, 1.807) is 32.7 Å². The number of hydrogen-bond donors (Lipinski definition) is 1. The number of pyridine rings is 1. The molecule has 2 atom stereocenters. The summed E-state index contributed by atoms with van der Waals surface area (Å²) in [6.45, 7) is 5.94. The molecule has 0 aliphatic heterocycles. The van der Waals surface area contributed by atoms with Crippen molar-refractivity contribution in [1.82, 2.24) is 29.7 Å². The highest BCUT2D eigenvalue weighted by molar-refractivity contribution is 8.01. The molecule has 3 aromatic heterocycles. The summed E-state index contributed by atoms with van der Waals surface area (Å²) in [6, 6.07) is 11.2. The van der Waals surface area contributed by atoms with Crippen LogP contribution >= 0.6 is 23.5 Å². The summed E-state index contributed by atoms with van der Waals surface area (Å²) in [7, 11) is 3.22. The molecule has 3 heterocycles. The van der Waals surface area contributed by atoms with Crippen LogP contribution in [0.25, 0.3) is 17.2 Å². The minimum absolute atomic E-state index is 0.0493. The van der Waals surface area contributed by atoms with Crippen molar-refractivity contribution in [3.8, 4) is 23.1 Å². The summed E-state index contributed by atoms with van der Waals surface area (Å²) < 4.78 is 16.2. The largest absolute Gasteiger partial charge is 0.481 e. The van der Waals surface area contributed by atoms with Crippen LogP contribution in [-0.2, 0) is 4.74 Å². The Kier molecular flexibility index (Phi) is 7.84. The molecular weight excluding hydrogens is 486 g/mol. The number of benzene rings is 1. The summed E-state index contributed by atoms with van der Waals surface area (Å²) in [6.07, 6.45) is 3.24. The molecule has 2 unspecified atom stereocenters. The molecule has 0 bridgehead atoms. The van der Waals surface area contributed by atoms with E-state index in [9.17, 15) is 0 Å². The minimum Gasteiger partial charge on any atom is -0.481 e. The Hall–Kier alpha value is -3.21. The van der Waals surface area contributed by atoms with E-state index in [1.807, 2.05) is 55.7 Å². The van der Waals surface area contributed by atoms with Gasteiger partial charge in [-0.25, -0.2) is 15.0 Å². The highest BCUT2D eigenvalue weighted by Crippen LogP contribution is 2.33. The number of ether oxygens (including phenoxy) is 2. The second-order valence-corrected chi connectivity index (χ2v) is 9.42. The number of halogens is 1. The molecule has 0 saturated carbocycles. The molecule has 0 amide bonds. The minimum atomic E-state index is -0.322. The van der Waals surface area contributed by atoms with Crippen LogP contribution in [0, 0.1) is 13.8 Å². The fourth-order valence-corrected chi connectivity index (χ4v) is 4.45. The summed E-state index contributed by atoms with van der Waals surface area (Å²) in [5.74, 6) is 2.17. The Morgan fingerprint density at radius 1 is 1.03 bits per heavy atom. The summed E-state index contributed by atoms with van der Waals surface area (Å²) in [4.78, 5) is 13.4. The number of nitrogens with one attached hydrogen (secondary N) is 1. The molecule has 0 aliphatic carbocycles. The number of rotatable bonds is 9. The fraction of sp³-hybridized carbons (Fsp3) is 0.292. The Labute approximate surface area is 213 Å². The molecule has 0 fully saturated rings. The van der Waals surface area contributed by atoms with E-state index in [0.29, 0.717) is 34.2 Å². The first-order chi connectivity index (χ1) is 16.9. The molecule has 1 N–H and O–H groups in total. The predicted octanol–water partition coefficient (Wildman–Crippen LogP) is 5.23. The van der Waals surface area contributed by atoms with Crippen molar-refractivity contribution >= 4 is 29.5 Å².